The van der Waals surface area contributed by atoms with Crippen molar-refractivity contribution >= 4 is 33.0 Å². The Kier molecular flexibility index (Phi) is 4.07. The molecule has 1 saturated heterocycles. The lowest BCUT2D eigenvalue weighted by Gasteiger charge is -2.35. The lowest BCUT2D eigenvalue weighted by atomic mass is 10.1. The molecule has 4 rings (SSSR count). The first-order chi connectivity index (χ1) is 12.0. The Morgan fingerprint density at radius 3 is 2.96 bits per heavy atom. The van der Waals surface area contributed by atoms with E-state index in [0.717, 1.165) is 11.3 Å². The third kappa shape index (κ3) is 2.95. The standard InChI is InChI=1S/C16H20N4O3S2/c1-12-9-19-15(10-18(12)16(21)7-13-3-5-24-11-13)14(8-17-19)20-4-2-6-25(20,22)23/h3,5,8,11-12H,2,4,6-7,9-10H2,1H3/t12-/m0/s1. The molecule has 0 radical (unpaired) electrons. The highest BCUT2D eigenvalue weighted by Gasteiger charge is 2.35. The smallest absolute Gasteiger partial charge is 0.235 e. The molecule has 1 amide bonds. The van der Waals surface area contributed by atoms with E-state index in [9.17, 15) is 13.2 Å². The largest absolute Gasteiger partial charge is 0.332 e. The first-order valence-electron chi connectivity index (χ1n) is 8.31. The van der Waals surface area contributed by atoms with Crippen LogP contribution in [0.3, 0.4) is 0 Å². The Labute approximate surface area is 150 Å². The van der Waals surface area contributed by atoms with E-state index < -0.39 is 10.0 Å². The van der Waals surface area contributed by atoms with Crippen molar-refractivity contribution < 1.29 is 13.2 Å². The molecule has 134 valence electrons. The Morgan fingerprint density at radius 1 is 1.44 bits per heavy atom. The molecule has 0 unspecified atom stereocenters. The summed E-state index contributed by atoms with van der Waals surface area (Å²) in [5, 5.41) is 8.31. The molecule has 0 N–H and O–H groups in total. The molecule has 4 heterocycles. The molecule has 2 aliphatic heterocycles. The van der Waals surface area contributed by atoms with Gasteiger partial charge in [-0.3, -0.25) is 13.8 Å². The van der Waals surface area contributed by atoms with Crippen LogP contribution in [0.2, 0.25) is 0 Å². The fourth-order valence-corrected chi connectivity index (χ4v) is 5.75. The molecule has 1 atom stereocenters. The van der Waals surface area contributed by atoms with E-state index >= 15 is 0 Å². The lowest BCUT2D eigenvalue weighted by Crippen LogP contribution is -2.46. The van der Waals surface area contributed by atoms with Crippen LogP contribution in [-0.2, 0) is 34.3 Å². The number of thiophene rings is 1. The van der Waals surface area contributed by atoms with E-state index in [0.29, 0.717) is 38.2 Å². The Hall–Kier alpha value is -1.87. The monoisotopic (exact) mass is 380 g/mol. The molecule has 25 heavy (non-hydrogen) atoms. The van der Waals surface area contributed by atoms with Crippen LogP contribution in [0.15, 0.2) is 23.0 Å². The maximum atomic E-state index is 12.7. The predicted octanol–water partition coefficient (Wildman–Crippen LogP) is 1.46. The van der Waals surface area contributed by atoms with E-state index in [2.05, 4.69) is 5.10 Å². The molecule has 2 aliphatic rings. The zero-order valence-corrected chi connectivity index (χ0v) is 15.6. The SMILES string of the molecule is C[C@H]1Cn2ncc(N3CCCS3(=O)=O)c2CN1C(=O)Cc1ccsc1. The van der Waals surface area contributed by atoms with Crippen LogP contribution in [0.1, 0.15) is 24.6 Å². The molecular formula is C16H20N4O3S2. The number of amides is 1. The van der Waals surface area contributed by atoms with Crippen LogP contribution in [0.25, 0.3) is 0 Å². The van der Waals surface area contributed by atoms with E-state index in [1.54, 1.807) is 17.5 Å². The van der Waals surface area contributed by atoms with E-state index in [4.69, 9.17) is 0 Å². The van der Waals surface area contributed by atoms with E-state index in [1.165, 1.54) is 4.31 Å². The van der Waals surface area contributed by atoms with Gasteiger partial charge in [-0.05, 0) is 35.7 Å². The fourth-order valence-electron chi connectivity index (χ4n) is 3.51. The lowest BCUT2D eigenvalue weighted by molar-refractivity contribution is -0.134. The molecule has 0 bridgehead atoms. The maximum Gasteiger partial charge on any atom is 0.235 e. The topological polar surface area (TPSA) is 75.5 Å². The van der Waals surface area contributed by atoms with Gasteiger partial charge < -0.3 is 4.90 Å². The third-order valence-electron chi connectivity index (χ3n) is 4.84. The van der Waals surface area contributed by atoms with Gasteiger partial charge in [0.25, 0.3) is 0 Å². The first-order valence-corrected chi connectivity index (χ1v) is 10.9. The minimum atomic E-state index is -3.26. The average molecular weight is 380 g/mol. The zero-order chi connectivity index (χ0) is 17.6. The van der Waals surface area contributed by atoms with Crippen LogP contribution < -0.4 is 4.31 Å². The molecule has 0 aromatic carbocycles. The number of aromatic nitrogens is 2. The number of sulfonamides is 1. The minimum absolute atomic E-state index is 0.0292. The highest BCUT2D eigenvalue weighted by Crippen LogP contribution is 2.31. The molecule has 0 aliphatic carbocycles. The zero-order valence-electron chi connectivity index (χ0n) is 14.0. The molecule has 2 aromatic rings. The van der Waals surface area contributed by atoms with Crippen molar-refractivity contribution in [3.05, 3.63) is 34.3 Å². The summed E-state index contributed by atoms with van der Waals surface area (Å²) in [4.78, 5) is 14.6. The van der Waals surface area contributed by atoms with Gasteiger partial charge in [-0.2, -0.15) is 16.4 Å². The van der Waals surface area contributed by atoms with Crippen molar-refractivity contribution in [2.24, 2.45) is 0 Å². The summed E-state index contributed by atoms with van der Waals surface area (Å²) >= 11 is 1.58. The highest BCUT2D eigenvalue weighted by atomic mass is 32.2. The van der Waals surface area contributed by atoms with E-state index in [1.807, 2.05) is 33.3 Å². The first kappa shape index (κ1) is 16.6. The van der Waals surface area contributed by atoms with Crippen molar-refractivity contribution in [2.75, 3.05) is 16.6 Å². The number of carbonyl (C=O) groups is 1. The van der Waals surface area contributed by atoms with Gasteiger partial charge in [0.1, 0.15) is 0 Å². The van der Waals surface area contributed by atoms with Gasteiger partial charge in [0, 0.05) is 12.6 Å². The fraction of sp³-hybridized carbons (Fsp3) is 0.500. The number of nitrogens with zero attached hydrogens (tertiary/aromatic N) is 4. The number of hydrogen-bond acceptors (Lipinski definition) is 5. The Morgan fingerprint density at radius 2 is 2.28 bits per heavy atom. The molecule has 7 nitrogen and oxygen atoms in total. The Balaban J connectivity index is 1.60. The number of anilines is 1. The number of carbonyl (C=O) groups excluding carboxylic acids is 1. The van der Waals surface area contributed by atoms with Gasteiger partial charge >= 0.3 is 0 Å². The van der Waals surface area contributed by atoms with Crippen LogP contribution in [0.5, 0.6) is 0 Å². The van der Waals surface area contributed by atoms with Crippen molar-refractivity contribution in [3.8, 4) is 0 Å². The quantitative estimate of drug-likeness (QED) is 0.808. The van der Waals surface area contributed by atoms with Crippen molar-refractivity contribution in [1.29, 1.82) is 0 Å². The van der Waals surface area contributed by atoms with Gasteiger partial charge in [-0.25, -0.2) is 8.42 Å². The molecular weight excluding hydrogens is 360 g/mol. The summed E-state index contributed by atoms with van der Waals surface area (Å²) in [5.41, 5.74) is 2.45. The molecule has 1 fully saturated rings. The van der Waals surface area contributed by atoms with Crippen LogP contribution in [0.4, 0.5) is 5.69 Å². The summed E-state index contributed by atoms with van der Waals surface area (Å²) in [5.74, 6) is 0.239. The normalized spacial score (nSPS) is 22.2. The van der Waals surface area contributed by atoms with Crippen molar-refractivity contribution in [2.45, 2.75) is 38.9 Å². The molecule has 9 heteroatoms. The van der Waals surface area contributed by atoms with Crippen molar-refractivity contribution in [1.82, 2.24) is 14.7 Å². The second-order valence-electron chi connectivity index (χ2n) is 6.58. The van der Waals surface area contributed by atoms with E-state index in [-0.39, 0.29) is 17.7 Å². The van der Waals surface area contributed by atoms with Gasteiger partial charge in [-0.15, -0.1) is 0 Å². The summed E-state index contributed by atoms with van der Waals surface area (Å²) in [6.45, 7) is 3.46. The van der Waals surface area contributed by atoms with Gasteiger partial charge in [0.05, 0.1) is 42.8 Å². The molecule has 0 spiro atoms. The summed E-state index contributed by atoms with van der Waals surface area (Å²) in [6, 6.07) is 1.99. The van der Waals surface area contributed by atoms with Crippen molar-refractivity contribution in [3.63, 3.8) is 0 Å². The second kappa shape index (κ2) is 6.14. The Bertz CT molecular complexity index is 889. The number of hydrogen-bond donors (Lipinski definition) is 0. The van der Waals surface area contributed by atoms with Gasteiger partial charge in [0.2, 0.25) is 15.9 Å². The predicted molar refractivity (Wildman–Crippen MR) is 96.0 cm³/mol. The summed E-state index contributed by atoms with van der Waals surface area (Å²) in [6.07, 6.45) is 2.63. The van der Waals surface area contributed by atoms with Crippen LogP contribution >= 0.6 is 11.3 Å². The van der Waals surface area contributed by atoms with Gasteiger partial charge in [0.15, 0.2) is 0 Å². The second-order valence-corrected chi connectivity index (χ2v) is 9.37. The number of fused-ring (bicyclic) bond motifs is 1. The average Bonchev–Trinajstić information content (AvgIpc) is 3.26. The third-order valence-corrected chi connectivity index (χ3v) is 7.43. The molecule has 0 saturated carbocycles. The van der Waals surface area contributed by atoms with Gasteiger partial charge in [-0.1, -0.05) is 0 Å². The maximum absolute atomic E-state index is 12.7. The van der Waals surface area contributed by atoms with Crippen LogP contribution in [0, 0.1) is 0 Å². The highest BCUT2D eigenvalue weighted by molar-refractivity contribution is 7.93. The molecule has 2 aromatic heterocycles. The number of rotatable bonds is 3. The summed E-state index contributed by atoms with van der Waals surface area (Å²) in [7, 11) is -3.26. The minimum Gasteiger partial charge on any atom is -0.332 e. The summed E-state index contributed by atoms with van der Waals surface area (Å²) < 4.78 is 27.8. The van der Waals surface area contributed by atoms with Crippen LogP contribution in [-0.4, -0.2) is 47.3 Å².